The molecule has 4 rings (SSSR count). The van der Waals surface area contributed by atoms with Crippen molar-refractivity contribution in [3.8, 4) is 11.5 Å². The molecule has 0 unspecified atom stereocenters. The molecule has 0 saturated carbocycles. The monoisotopic (exact) mass is 477 g/mol. The Morgan fingerprint density at radius 3 is 2.34 bits per heavy atom. The Morgan fingerprint density at radius 2 is 1.63 bits per heavy atom. The predicted octanol–water partition coefficient (Wildman–Crippen LogP) is 5.42. The molecule has 1 saturated heterocycles. The fraction of sp³-hybridized carbons (Fsp3) is 0.483. The number of benzene rings is 2. The van der Waals surface area contributed by atoms with Crippen molar-refractivity contribution in [2.24, 2.45) is 0 Å². The topological polar surface area (TPSA) is 48.8 Å². The first-order valence-corrected chi connectivity index (χ1v) is 12.7. The van der Waals surface area contributed by atoms with E-state index in [1.165, 1.54) is 16.7 Å². The summed E-state index contributed by atoms with van der Waals surface area (Å²) < 4.78 is 20.0. The zero-order valence-corrected chi connectivity index (χ0v) is 21.4. The molecule has 0 N–H and O–H groups in total. The second-order valence-electron chi connectivity index (χ2n) is 9.75. The van der Waals surface area contributed by atoms with Crippen LogP contribution in [0.2, 0.25) is 0 Å². The summed E-state index contributed by atoms with van der Waals surface area (Å²) in [7, 11) is 1.82. The summed E-state index contributed by atoms with van der Waals surface area (Å²) >= 11 is 0. The van der Waals surface area contributed by atoms with Gasteiger partial charge >= 0.3 is 0 Å². The van der Waals surface area contributed by atoms with Gasteiger partial charge in [0.1, 0.15) is 23.7 Å². The average Bonchev–Trinajstić information content (AvgIpc) is 3.18. The second-order valence-corrected chi connectivity index (χ2v) is 9.75. The van der Waals surface area contributed by atoms with Gasteiger partial charge in [0.25, 0.3) is 0 Å². The molecule has 0 bridgehead atoms. The molecule has 0 amide bonds. The minimum atomic E-state index is -0.230. The van der Waals surface area contributed by atoms with E-state index in [2.05, 4.69) is 66.4 Å². The maximum atomic E-state index is 6.12. The van der Waals surface area contributed by atoms with E-state index in [1.54, 1.807) is 0 Å². The van der Waals surface area contributed by atoms with Crippen molar-refractivity contribution >= 4 is 0 Å². The summed E-state index contributed by atoms with van der Waals surface area (Å²) in [4.78, 5) is 2.52. The summed E-state index contributed by atoms with van der Waals surface area (Å²) in [6.45, 7) is 9.31. The summed E-state index contributed by atoms with van der Waals surface area (Å²) in [5.74, 6) is 1.83. The van der Waals surface area contributed by atoms with Crippen LogP contribution in [-0.4, -0.2) is 53.7 Å². The number of aromatic nitrogens is 2. The fourth-order valence-electron chi connectivity index (χ4n) is 4.59. The van der Waals surface area contributed by atoms with E-state index in [-0.39, 0.29) is 5.60 Å². The Hall–Kier alpha value is -2.83. The molecular formula is C29H39N3O3. The molecule has 0 aliphatic carbocycles. The second kappa shape index (κ2) is 12.2. The van der Waals surface area contributed by atoms with Gasteiger partial charge in [0.15, 0.2) is 0 Å². The smallest absolute Gasteiger partial charge is 0.119 e. The number of likely N-dealkylation sites (tertiary alicyclic amines) is 1. The molecule has 188 valence electrons. The molecule has 1 aromatic heterocycles. The zero-order valence-electron chi connectivity index (χ0n) is 21.4. The molecule has 3 aromatic rings. The number of rotatable bonds is 11. The number of aryl methyl sites for hydroxylation is 3. The molecule has 35 heavy (non-hydrogen) atoms. The third kappa shape index (κ3) is 7.58. The molecule has 0 spiro atoms. The first-order valence-electron chi connectivity index (χ1n) is 12.7. The van der Waals surface area contributed by atoms with Crippen LogP contribution in [0.4, 0.5) is 0 Å². The van der Waals surface area contributed by atoms with Crippen LogP contribution >= 0.6 is 0 Å². The van der Waals surface area contributed by atoms with Gasteiger partial charge in [-0.25, -0.2) is 0 Å². The van der Waals surface area contributed by atoms with Crippen LogP contribution in [0.3, 0.4) is 0 Å². The Kier molecular flexibility index (Phi) is 8.83. The molecule has 1 aliphatic heterocycles. The van der Waals surface area contributed by atoms with Crippen LogP contribution in [0.1, 0.15) is 42.4 Å². The lowest BCUT2D eigenvalue weighted by molar-refractivity contribution is -0.0541. The highest BCUT2D eigenvalue weighted by molar-refractivity contribution is 5.27. The molecule has 0 radical (unpaired) electrons. The van der Waals surface area contributed by atoms with Crippen molar-refractivity contribution in [3.63, 3.8) is 0 Å². The summed E-state index contributed by atoms with van der Waals surface area (Å²) in [6.07, 6.45) is 7.96. The van der Waals surface area contributed by atoms with E-state index >= 15 is 0 Å². The number of nitrogens with zero attached hydrogens (tertiary/aromatic N) is 3. The van der Waals surface area contributed by atoms with Gasteiger partial charge in [-0.3, -0.25) is 9.58 Å². The first-order chi connectivity index (χ1) is 17.0. The summed E-state index contributed by atoms with van der Waals surface area (Å²) in [6, 6.07) is 16.8. The van der Waals surface area contributed by atoms with Gasteiger partial charge in [-0.05, 0) is 75.0 Å². The Labute approximate surface area is 209 Å². The van der Waals surface area contributed by atoms with E-state index in [1.807, 2.05) is 30.1 Å². The SMILES string of the molecule is CO[C@]1(COc2ccc(C)cc2)CCCN(Cc2ccc(OCCCn3cc(C)cn3)cc2)CC1. The Balaban J connectivity index is 1.21. The van der Waals surface area contributed by atoms with Crippen LogP contribution < -0.4 is 9.47 Å². The highest BCUT2D eigenvalue weighted by atomic mass is 16.5. The molecule has 6 heteroatoms. The van der Waals surface area contributed by atoms with Gasteiger partial charge in [-0.2, -0.15) is 5.10 Å². The number of ether oxygens (including phenoxy) is 3. The Bertz CT molecular complexity index is 1030. The summed E-state index contributed by atoms with van der Waals surface area (Å²) in [5.41, 5.74) is 3.51. The minimum Gasteiger partial charge on any atom is -0.494 e. The average molecular weight is 478 g/mol. The number of methoxy groups -OCH3 is 1. The number of hydrogen-bond acceptors (Lipinski definition) is 5. The highest BCUT2D eigenvalue weighted by Crippen LogP contribution is 2.28. The van der Waals surface area contributed by atoms with Crippen molar-refractivity contribution < 1.29 is 14.2 Å². The van der Waals surface area contributed by atoms with Crippen LogP contribution in [0.25, 0.3) is 0 Å². The van der Waals surface area contributed by atoms with Crippen molar-refractivity contribution in [1.29, 1.82) is 0 Å². The lowest BCUT2D eigenvalue weighted by atomic mass is 9.95. The lowest BCUT2D eigenvalue weighted by Gasteiger charge is -2.31. The minimum absolute atomic E-state index is 0.230. The molecule has 1 fully saturated rings. The van der Waals surface area contributed by atoms with E-state index in [0.29, 0.717) is 13.2 Å². The van der Waals surface area contributed by atoms with Gasteiger partial charge < -0.3 is 14.2 Å². The van der Waals surface area contributed by atoms with Gasteiger partial charge in [-0.1, -0.05) is 29.8 Å². The van der Waals surface area contributed by atoms with E-state index < -0.39 is 0 Å². The highest BCUT2D eigenvalue weighted by Gasteiger charge is 2.33. The van der Waals surface area contributed by atoms with Crippen LogP contribution in [0.15, 0.2) is 60.9 Å². The van der Waals surface area contributed by atoms with E-state index in [0.717, 1.165) is 63.4 Å². The molecule has 1 aliphatic rings. The van der Waals surface area contributed by atoms with Crippen molar-refractivity contribution in [1.82, 2.24) is 14.7 Å². The molecule has 1 atom stereocenters. The van der Waals surface area contributed by atoms with Gasteiger partial charge in [0.2, 0.25) is 0 Å². The largest absolute Gasteiger partial charge is 0.494 e. The fourth-order valence-corrected chi connectivity index (χ4v) is 4.59. The van der Waals surface area contributed by atoms with Crippen molar-refractivity contribution in [2.75, 3.05) is 33.4 Å². The summed E-state index contributed by atoms with van der Waals surface area (Å²) in [5, 5.41) is 4.32. The van der Waals surface area contributed by atoms with Crippen molar-refractivity contribution in [3.05, 3.63) is 77.6 Å². The van der Waals surface area contributed by atoms with Crippen molar-refractivity contribution in [2.45, 2.75) is 58.2 Å². The third-order valence-corrected chi connectivity index (χ3v) is 6.84. The van der Waals surface area contributed by atoms with Gasteiger partial charge in [-0.15, -0.1) is 0 Å². The molecule has 6 nitrogen and oxygen atoms in total. The van der Waals surface area contributed by atoms with Crippen LogP contribution in [0.5, 0.6) is 11.5 Å². The van der Waals surface area contributed by atoms with Crippen LogP contribution in [-0.2, 0) is 17.8 Å². The quantitative estimate of drug-likeness (QED) is 0.345. The van der Waals surface area contributed by atoms with Gasteiger partial charge in [0, 0.05) is 39.4 Å². The Morgan fingerprint density at radius 1 is 0.886 bits per heavy atom. The third-order valence-electron chi connectivity index (χ3n) is 6.84. The number of hydrogen-bond donors (Lipinski definition) is 0. The maximum Gasteiger partial charge on any atom is 0.119 e. The van der Waals surface area contributed by atoms with E-state index in [4.69, 9.17) is 14.2 Å². The van der Waals surface area contributed by atoms with E-state index in [9.17, 15) is 0 Å². The normalized spacial score (nSPS) is 18.8. The predicted molar refractivity (Wildman–Crippen MR) is 139 cm³/mol. The zero-order chi connectivity index (χ0) is 24.5. The molecular weight excluding hydrogens is 438 g/mol. The molecule has 2 heterocycles. The molecule has 2 aromatic carbocycles. The first kappa shape index (κ1) is 25.3. The van der Waals surface area contributed by atoms with Gasteiger partial charge in [0.05, 0.1) is 12.8 Å². The lowest BCUT2D eigenvalue weighted by Crippen LogP contribution is -2.39. The maximum absolute atomic E-state index is 6.12. The van der Waals surface area contributed by atoms with Crippen LogP contribution in [0, 0.1) is 13.8 Å². The standard InChI is InChI=1S/C29H39N3O3/c1-24-6-10-28(11-7-24)35-23-29(33-3)14-4-16-31(18-15-29)22-26-8-12-27(13-9-26)34-19-5-17-32-21-25(2)20-30-32/h6-13,20-21H,4-5,14-19,22-23H2,1-3H3/t29-/m1/s1.